The number of hydrogen-bond acceptors (Lipinski definition) is 4. The maximum atomic E-state index is 10.7. The van der Waals surface area contributed by atoms with Gasteiger partial charge in [0.15, 0.2) is 0 Å². The van der Waals surface area contributed by atoms with E-state index in [-0.39, 0.29) is 0 Å². The molecule has 0 aliphatic carbocycles. The zero-order valence-electron chi connectivity index (χ0n) is 21.0. The van der Waals surface area contributed by atoms with Crippen molar-refractivity contribution < 1.29 is 22.6 Å². The van der Waals surface area contributed by atoms with Crippen LogP contribution in [-0.4, -0.2) is 61.6 Å². The first-order valence-electron chi connectivity index (χ1n) is 13.1. The molecule has 0 amide bonds. The molecule has 0 heterocycles. The lowest BCUT2D eigenvalue weighted by Crippen LogP contribution is -2.47. The molecule has 0 aromatic carbocycles. The molecule has 1 N–H and O–H groups in total. The Bertz CT molecular complexity index is 494. The summed E-state index contributed by atoms with van der Waals surface area (Å²) in [5.41, 5.74) is 0. The van der Waals surface area contributed by atoms with Crippen LogP contribution in [0, 0.1) is 0 Å². The van der Waals surface area contributed by atoms with Crippen LogP contribution >= 0.6 is 0 Å². The molecular formula is C25H53NO4S. The molecule has 6 heteroatoms. The highest BCUT2D eigenvalue weighted by Crippen LogP contribution is 2.15. The molecule has 31 heavy (non-hydrogen) atoms. The van der Waals surface area contributed by atoms with Gasteiger partial charge in [0.1, 0.15) is 12.6 Å². The number of quaternary nitrogens is 1. The molecule has 0 aliphatic heterocycles. The summed E-state index contributed by atoms with van der Waals surface area (Å²) in [5, 5.41) is 9.78. The lowest BCUT2D eigenvalue weighted by Gasteiger charge is -2.32. The van der Waals surface area contributed by atoms with Gasteiger partial charge in [-0.3, -0.25) is 0 Å². The van der Waals surface area contributed by atoms with Crippen molar-refractivity contribution in [1.29, 1.82) is 0 Å². The number of nitrogens with zero attached hydrogens (tertiary/aromatic N) is 1. The van der Waals surface area contributed by atoms with Crippen LogP contribution < -0.4 is 0 Å². The minimum atomic E-state index is -4.36. The number of unbranched alkanes of at least 4 members (excludes halogenated alkanes) is 17. The highest BCUT2D eigenvalue weighted by molar-refractivity contribution is 7.85. The number of likely N-dealkylation sites (N-methyl/N-ethyl adjacent to an activating group) is 1. The molecule has 0 aromatic heterocycles. The Hall–Kier alpha value is -0.170. The fourth-order valence-electron chi connectivity index (χ4n) is 4.39. The number of aliphatic hydroxyl groups excluding tert-OH is 1. The minimum absolute atomic E-state index is 0.306. The van der Waals surface area contributed by atoms with Gasteiger partial charge in [-0.05, 0) is 12.8 Å². The maximum absolute atomic E-state index is 10.7. The van der Waals surface area contributed by atoms with Crippen molar-refractivity contribution in [2.24, 2.45) is 0 Å². The molecule has 0 aromatic rings. The van der Waals surface area contributed by atoms with Gasteiger partial charge in [0.25, 0.3) is 0 Å². The van der Waals surface area contributed by atoms with Gasteiger partial charge >= 0.3 is 0 Å². The standard InChI is InChI=1S/C25H53NO4S/c1-4-5-6-7-8-9-10-11-12-13-14-15-16-17-18-19-20-21-22-26(2,3)23-25(27)24-31(28,29)30/h25,27H,4-24H2,1-3H3. The lowest BCUT2D eigenvalue weighted by molar-refractivity contribution is -0.893. The maximum Gasteiger partial charge on any atom is 0.116 e. The van der Waals surface area contributed by atoms with Gasteiger partial charge in [-0.2, -0.15) is 0 Å². The summed E-state index contributed by atoms with van der Waals surface area (Å²) < 4.78 is 32.8. The van der Waals surface area contributed by atoms with Gasteiger partial charge in [-0.1, -0.05) is 110 Å². The molecule has 5 nitrogen and oxygen atoms in total. The van der Waals surface area contributed by atoms with E-state index in [0.29, 0.717) is 11.0 Å². The monoisotopic (exact) mass is 463 g/mol. The molecule has 0 aliphatic rings. The van der Waals surface area contributed by atoms with E-state index in [0.717, 1.165) is 13.0 Å². The first-order chi connectivity index (χ1) is 14.7. The van der Waals surface area contributed by atoms with Gasteiger partial charge in [-0.15, -0.1) is 0 Å². The van der Waals surface area contributed by atoms with Crippen LogP contribution in [0.25, 0.3) is 0 Å². The fraction of sp³-hybridized carbons (Fsp3) is 1.00. The number of rotatable bonds is 23. The molecule has 1 atom stereocenters. The second-order valence-electron chi connectivity index (χ2n) is 10.2. The van der Waals surface area contributed by atoms with Crippen molar-refractivity contribution in [1.82, 2.24) is 0 Å². The summed E-state index contributed by atoms with van der Waals surface area (Å²) in [7, 11) is -0.399. The van der Waals surface area contributed by atoms with E-state index in [4.69, 9.17) is 0 Å². The second-order valence-corrected chi connectivity index (χ2v) is 11.7. The Kier molecular flexibility index (Phi) is 19.2. The Balaban J connectivity index is 3.37. The number of aliphatic hydroxyl groups is 1. The van der Waals surface area contributed by atoms with E-state index in [2.05, 4.69) is 6.92 Å². The molecule has 0 bridgehead atoms. The Labute approximate surface area is 194 Å². The summed E-state index contributed by atoms with van der Waals surface area (Å²) in [6.45, 7) is 3.48. The van der Waals surface area contributed by atoms with E-state index in [1.807, 2.05) is 14.1 Å². The van der Waals surface area contributed by atoms with E-state index < -0.39 is 22.0 Å². The third-order valence-corrected chi connectivity index (χ3v) is 7.01. The molecule has 0 radical (unpaired) electrons. The zero-order valence-corrected chi connectivity index (χ0v) is 21.8. The Morgan fingerprint density at radius 3 is 1.32 bits per heavy atom. The molecule has 1 unspecified atom stereocenters. The molecule has 0 saturated heterocycles. The van der Waals surface area contributed by atoms with Crippen LogP contribution in [0.1, 0.15) is 122 Å². The summed E-state index contributed by atoms with van der Waals surface area (Å²) in [4.78, 5) is 0. The van der Waals surface area contributed by atoms with Gasteiger partial charge < -0.3 is 14.1 Å². The minimum Gasteiger partial charge on any atom is -0.748 e. The molecule has 0 saturated carbocycles. The highest BCUT2D eigenvalue weighted by atomic mass is 32.2. The van der Waals surface area contributed by atoms with Crippen molar-refractivity contribution in [2.45, 2.75) is 129 Å². The SMILES string of the molecule is CCCCCCCCCCCCCCCCCCCC[N+](C)(C)CC(O)CS(=O)(=O)[O-]. The third kappa shape index (κ3) is 24.3. The second kappa shape index (κ2) is 19.3. The van der Waals surface area contributed by atoms with Crippen LogP contribution in [0.2, 0.25) is 0 Å². The average Bonchev–Trinajstić information content (AvgIpc) is 2.65. The van der Waals surface area contributed by atoms with Crippen LogP contribution in [0.3, 0.4) is 0 Å². The van der Waals surface area contributed by atoms with E-state index in [9.17, 15) is 18.1 Å². The van der Waals surface area contributed by atoms with Crippen LogP contribution in [0.5, 0.6) is 0 Å². The quantitative estimate of drug-likeness (QED) is 0.114. The first-order valence-corrected chi connectivity index (χ1v) is 14.7. The van der Waals surface area contributed by atoms with Crippen LogP contribution in [-0.2, 0) is 10.1 Å². The molecule has 188 valence electrons. The average molecular weight is 464 g/mol. The zero-order chi connectivity index (χ0) is 23.4. The largest absolute Gasteiger partial charge is 0.748 e. The van der Waals surface area contributed by atoms with Gasteiger partial charge in [0.2, 0.25) is 0 Å². The Morgan fingerprint density at radius 2 is 1.00 bits per heavy atom. The number of hydrogen-bond donors (Lipinski definition) is 1. The predicted octanol–water partition coefficient (Wildman–Crippen LogP) is 6.01. The molecular weight excluding hydrogens is 410 g/mol. The van der Waals surface area contributed by atoms with Crippen molar-refractivity contribution in [3.05, 3.63) is 0 Å². The summed E-state index contributed by atoms with van der Waals surface area (Å²) in [5.74, 6) is -0.687. The van der Waals surface area contributed by atoms with Gasteiger partial charge in [0, 0.05) is 0 Å². The van der Waals surface area contributed by atoms with Gasteiger partial charge in [0.05, 0.1) is 36.5 Å². The molecule has 0 rings (SSSR count). The van der Waals surface area contributed by atoms with Crippen LogP contribution in [0.15, 0.2) is 0 Å². The van der Waals surface area contributed by atoms with E-state index >= 15 is 0 Å². The Morgan fingerprint density at radius 1 is 0.677 bits per heavy atom. The third-order valence-electron chi connectivity index (χ3n) is 6.22. The first kappa shape index (κ1) is 30.8. The fourth-order valence-corrected chi connectivity index (χ4v) is 4.97. The molecule has 0 spiro atoms. The predicted molar refractivity (Wildman–Crippen MR) is 131 cm³/mol. The van der Waals surface area contributed by atoms with E-state index in [1.54, 1.807) is 0 Å². The van der Waals surface area contributed by atoms with Crippen molar-refractivity contribution in [3.8, 4) is 0 Å². The summed E-state index contributed by atoms with van der Waals surface area (Å²) in [6.07, 6.45) is 23.3. The lowest BCUT2D eigenvalue weighted by atomic mass is 10.0. The van der Waals surface area contributed by atoms with Crippen LogP contribution in [0.4, 0.5) is 0 Å². The van der Waals surface area contributed by atoms with Crippen molar-refractivity contribution >= 4 is 10.1 Å². The van der Waals surface area contributed by atoms with E-state index in [1.165, 1.54) is 109 Å². The summed E-state index contributed by atoms with van der Waals surface area (Å²) in [6, 6.07) is 0. The summed E-state index contributed by atoms with van der Waals surface area (Å²) >= 11 is 0. The highest BCUT2D eigenvalue weighted by Gasteiger charge is 2.21. The topological polar surface area (TPSA) is 77.4 Å². The smallest absolute Gasteiger partial charge is 0.116 e. The normalized spacial score (nSPS) is 13.6. The molecule has 0 fully saturated rings. The van der Waals surface area contributed by atoms with Crippen molar-refractivity contribution in [3.63, 3.8) is 0 Å². The van der Waals surface area contributed by atoms with Gasteiger partial charge in [-0.25, -0.2) is 8.42 Å². The van der Waals surface area contributed by atoms with Crippen molar-refractivity contribution in [2.75, 3.05) is 32.9 Å².